The number of hydrogen-bond donors (Lipinski definition) is 2. The Labute approximate surface area is 153 Å². The number of likely N-dealkylation sites (tertiary alicyclic amines) is 2. The molecule has 0 saturated carbocycles. The molecule has 2 rings (SSSR count). The van der Waals surface area contributed by atoms with Gasteiger partial charge in [0.05, 0.1) is 0 Å². The number of ether oxygens (including phenoxy) is 1. The lowest BCUT2D eigenvalue weighted by Gasteiger charge is -2.35. The summed E-state index contributed by atoms with van der Waals surface area (Å²) in [6.07, 6.45) is 1.12. The highest BCUT2D eigenvalue weighted by Gasteiger charge is 2.57. The minimum absolute atomic E-state index is 0.0415. The summed E-state index contributed by atoms with van der Waals surface area (Å²) in [6.45, 7) is 6.03. The zero-order valence-electron chi connectivity index (χ0n) is 15.6. The van der Waals surface area contributed by atoms with Gasteiger partial charge in [0.25, 0.3) is 0 Å². The van der Waals surface area contributed by atoms with Crippen molar-refractivity contribution in [3.05, 3.63) is 0 Å². The smallest absolute Gasteiger partial charge is 0.411 e. The van der Waals surface area contributed by atoms with Gasteiger partial charge in [-0.2, -0.15) is 0 Å². The van der Waals surface area contributed by atoms with E-state index in [0.29, 0.717) is 32.4 Å². The summed E-state index contributed by atoms with van der Waals surface area (Å²) in [6, 6.07) is -0.907. The molecule has 0 aromatic rings. The number of carbonyl (C=O) groups is 4. The normalized spacial score (nSPS) is 24.2. The first kappa shape index (κ1) is 20.0. The van der Waals surface area contributed by atoms with Crippen LogP contribution >= 0.6 is 0 Å². The lowest BCUT2D eigenvalue weighted by molar-refractivity contribution is -0.142. The molecule has 2 atom stereocenters. The predicted molar refractivity (Wildman–Crippen MR) is 92.6 cm³/mol. The average Bonchev–Trinajstić information content (AvgIpc) is 3.05. The van der Waals surface area contributed by atoms with Crippen molar-refractivity contribution in [1.82, 2.24) is 9.80 Å². The van der Waals surface area contributed by atoms with Crippen molar-refractivity contribution < 1.29 is 23.9 Å². The minimum Gasteiger partial charge on any atom is -0.444 e. The van der Waals surface area contributed by atoms with Crippen molar-refractivity contribution in [2.75, 3.05) is 13.1 Å². The molecule has 9 heteroatoms. The molecule has 0 aromatic carbocycles. The van der Waals surface area contributed by atoms with Gasteiger partial charge in [-0.3, -0.25) is 19.3 Å². The van der Waals surface area contributed by atoms with Crippen LogP contribution in [0, 0.1) is 0 Å². The van der Waals surface area contributed by atoms with E-state index in [1.54, 1.807) is 20.8 Å². The fraction of sp³-hybridized carbons (Fsp3) is 0.765. The Morgan fingerprint density at radius 2 is 1.85 bits per heavy atom. The largest absolute Gasteiger partial charge is 0.444 e. The van der Waals surface area contributed by atoms with Gasteiger partial charge < -0.3 is 21.1 Å². The molecule has 4 N–H and O–H groups in total. The summed E-state index contributed by atoms with van der Waals surface area (Å²) >= 11 is 0. The highest BCUT2D eigenvalue weighted by Crippen LogP contribution is 2.40. The van der Waals surface area contributed by atoms with Crippen LogP contribution in [-0.2, 0) is 19.1 Å². The fourth-order valence-electron chi connectivity index (χ4n) is 3.75. The molecule has 0 aromatic heterocycles. The van der Waals surface area contributed by atoms with Crippen molar-refractivity contribution in [2.45, 2.75) is 70.1 Å². The molecule has 2 heterocycles. The second kappa shape index (κ2) is 7.13. The molecular weight excluding hydrogens is 340 g/mol. The third-order valence-corrected chi connectivity index (χ3v) is 4.90. The number of rotatable bonds is 5. The summed E-state index contributed by atoms with van der Waals surface area (Å²) in [5, 5.41) is 0. The predicted octanol–water partition coefficient (Wildman–Crippen LogP) is 0.108. The van der Waals surface area contributed by atoms with Crippen LogP contribution in [0.15, 0.2) is 0 Å². The van der Waals surface area contributed by atoms with Crippen molar-refractivity contribution in [3.8, 4) is 0 Å². The maximum absolute atomic E-state index is 13.2. The van der Waals surface area contributed by atoms with Crippen LogP contribution in [0.1, 0.15) is 52.9 Å². The first-order chi connectivity index (χ1) is 12.0. The molecule has 2 aliphatic rings. The van der Waals surface area contributed by atoms with Crippen molar-refractivity contribution in [2.24, 2.45) is 11.5 Å². The van der Waals surface area contributed by atoms with Crippen molar-refractivity contribution >= 4 is 23.8 Å². The maximum Gasteiger partial charge on any atom is 0.411 e. The summed E-state index contributed by atoms with van der Waals surface area (Å²) in [5.41, 5.74) is 8.92. The van der Waals surface area contributed by atoms with Crippen LogP contribution < -0.4 is 11.5 Å². The lowest BCUT2D eigenvalue weighted by atomic mass is 9.94. The third kappa shape index (κ3) is 3.91. The van der Waals surface area contributed by atoms with Crippen LogP contribution in [0.4, 0.5) is 4.79 Å². The fourth-order valence-corrected chi connectivity index (χ4v) is 3.75. The SMILES string of the molecule is CC(C)(C)OC(=O)N1CCCC12CCN([C@@H](CCC(N)=O)C(N)=O)C2=O. The van der Waals surface area contributed by atoms with Crippen molar-refractivity contribution in [3.63, 3.8) is 0 Å². The lowest BCUT2D eigenvalue weighted by Crippen LogP contribution is -2.56. The number of carbonyl (C=O) groups excluding carboxylic acids is 4. The number of amides is 4. The molecule has 0 radical (unpaired) electrons. The number of primary amides is 2. The van der Waals surface area contributed by atoms with Gasteiger partial charge in [0.2, 0.25) is 17.7 Å². The number of nitrogens with zero attached hydrogens (tertiary/aromatic N) is 2. The van der Waals surface area contributed by atoms with E-state index < -0.39 is 35.1 Å². The van der Waals surface area contributed by atoms with Gasteiger partial charge in [-0.1, -0.05) is 0 Å². The molecule has 1 unspecified atom stereocenters. The van der Waals surface area contributed by atoms with E-state index in [2.05, 4.69) is 0 Å². The Balaban J connectivity index is 2.20. The topological polar surface area (TPSA) is 136 Å². The zero-order chi connectivity index (χ0) is 19.7. The summed E-state index contributed by atoms with van der Waals surface area (Å²) in [7, 11) is 0. The quantitative estimate of drug-likeness (QED) is 0.709. The van der Waals surface area contributed by atoms with Gasteiger partial charge in [0.15, 0.2) is 0 Å². The van der Waals surface area contributed by atoms with Crippen LogP contribution in [0.25, 0.3) is 0 Å². The van der Waals surface area contributed by atoms with Crippen LogP contribution in [0.5, 0.6) is 0 Å². The molecule has 2 aliphatic heterocycles. The number of nitrogens with two attached hydrogens (primary N) is 2. The molecule has 26 heavy (non-hydrogen) atoms. The van der Waals surface area contributed by atoms with E-state index in [0.717, 1.165) is 0 Å². The highest BCUT2D eigenvalue weighted by molar-refractivity contribution is 5.96. The van der Waals surface area contributed by atoms with E-state index >= 15 is 0 Å². The van der Waals surface area contributed by atoms with E-state index in [9.17, 15) is 19.2 Å². The van der Waals surface area contributed by atoms with Crippen LogP contribution in [0.2, 0.25) is 0 Å². The number of hydrogen-bond acceptors (Lipinski definition) is 5. The Bertz CT molecular complexity index is 615. The first-order valence-corrected chi connectivity index (χ1v) is 8.87. The maximum atomic E-state index is 13.2. The van der Waals surface area contributed by atoms with Gasteiger partial charge >= 0.3 is 6.09 Å². The zero-order valence-corrected chi connectivity index (χ0v) is 15.6. The van der Waals surface area contributed by atoms with E-state index in [4.69, 9.17) is 16.2 Å². The molecule has 0 bridgehead atoms. The molecular formula is C17H28N4O5. The Morgan fingerprint density at radius 1 is 1.19 bits per heavy atom. The standard InChI is InChI=1S/C17H28N4O5/c1-16(2,3)26-15(25)21-9-4-7-17(21)8-10-20(14(17)24)11(13(19)23)5-6-12(18)22/h11H,4-10H2,1-3H3,(H2,18,22)(H2,19,23)/t11-,17?/m0/s1. The Hall–Kier alpha value is -2.32. The van der Waals surface area contributed by atoms with Crippen LogP contribution in [-0.4, -0.2) is 63.9 Å². The molecule has 0 aliphatic carbocycles. The molecule has 4 amide bonds. The minimum atomic E-state index is -0.997. The van der Waals surface area contributed by atoms with Gasteiger partial charge in [0, 0.05) is 19.5 Å². The monoisotopic (exact) mass is 368 g/mol. The molecule has 9 nitrogen and oxygen atoms in total. The summed E-state index contributed by atoms with van der Waals surface area (Å²) < 4.78 is 5.44. The summed E-state index contributed by atoms with van der Waals surface area (Å²) in [5.74, 6) is -1.55. The summed E-state index contributed by atoms with van der Waals surface area (Å²) in [4.78, 5) is 51.5. The van der Waals surface area contributed by atoms with Gasteiger partial charge in [0.1, 0.15) is 17.2 Å². The molecule has 1 spiro atoms. The Kier molecular flexibility index (Phi) is 5.48. The van der Waals surface area contributed by atoms with Gasteiger partial charge in [-0.15, -0.1) is 0 Å². The molecule has 2 saturated heterocycles. The second-order valence-electron chi connectivity index (χ2n) is 7.94. The molecule has 2 fully saturated rings. The van der Waals surface area contributed by atoms with Crippen molar-refractivity contribution in [1.29, 1.82) is 0 Å². The van der Waals surface area contributed by atoms with E-state index in [1.165, 1.54) is 9.80 Å². The highest BCUT2D eigenvalue weighted by atomic mass is 16.6. The second-order valence-corrected chi connectivity index (χ2v) is 7.94. The van der Waals surface area contributed by atoms with E-state index in [1.807, 2.05) is 0 Å². The van der Waals surface area contributed by atoms with Crippen LogP contribution in [0.3, 0.4) is 0 Å². The average molecular weight is 368 g/mol. The molecule has 146 valence electrons. The van der Waals surface area contributed by atoms with Gasteiger partial charge in [-0.05, 0) is 46.5 Å². The Morgan fingerprint density at radius 3 is 2.38 bits per heavy atom. The first-order valence-electron chi connectivity index (χ1n) is 8.87. The third-order valence-electron chi connectivity index (χ3n) is 4.90. The van der Waals surface area contributed by atoms with E-state index in [-0.39, 0.29) is 18.7 Å². The van der Waals surface area contributed by atoms with Gasteiger partial charge in [-0.25, -0.2) is 4.79 Å².